The standard InChI is InChI=1S/C18H25N3O3/c1-20-11-14(19-13-20)12-21-8-6-17(22)18(7-9-21)24-16-5-3-4-15(10-16)23-2/h3-5,10-11,13,17-18,22H,6-9,12H2,1-2H3/t17-,18-/m0/s1. The van der Waals surface area contributed by atoms with E-state index in [9.17, 15) is 5.11 Å². The van der Waals surface area contributed by atoms with Crippen molar-refractivity contribution in [1.82, 2.24) is 14.5 Å². The second-order valence-corrected chi connectivity index (χ2v) is 6.29. The minimum Gasteiger partial charge on any atom is -0.497 e. The van der Waals surface area contributed by atoms with E-state index in [1.165, 1.54) is 0 Å². The molecule has 0 unspecified atom stereocenters. The first-order valence-electron chi connectivity index (χ1n) is 8.32. The highest BCUT2D eigenvalue weighted by Gasteiger charge is 2.26. The van der Waals surface area contributed by atoms with Crippen molar-refractivity contribution in [3.8, 4) is 11.5 Å². The van der Waals surface area contributed by atoms with Crippen LogP contribution in [0.3, 0.4) is 0 Å². The molecule has 6 heteroatoms. The molecule has 6 nitrogen and oxygen atoms in total. The van der Waals surface area contributed by atoms with E-state index in [0.717, 1.165) is 43.2 Å². The average molecular weight is 331 g/mol. The Morgan fingerprint density at radius 2 is 2.04 bits per heavy atom. The molecule has 3 rings (SSSR count). The first kappa shape index (κ1) is 16.8. The molecule has 1 aliphatic rings. The zero-order valence-corrected chi connectivity index (χ0v) is 14.3. The average Bonchev–Trinajstić information content (AvgIpc) is 2.92. The zero-order chi connectivity index (χ0) is 16.9. The van der Waals surface area contributed by atoms with Gasteiger partial charge in [-0.25, -0.2) is 4.98 Å². The largest absolute Gasteiger partial charge is 0.497 e. The first-order valence-corrected chi connectivity index (χ1v) is 8.32. The lowest BCUT2D eigenvalue weighted by Crippen LogP contribution is -2.31. The van der Waals surface area contributed by atoms with Crippen molar-refractivity contribution in [2.24, 2.45) is 7.05 Å². The van der Waals surface area contributed by atoms with Crippen molar-refractivity contribution in [2.75, 3.05) is 20.2 Å². The molecule has 1 aliphatic heterocycles. The maximum Gasteiger partial charge on any atom is 0.126 e. The summed E-state index contributed by atoms with van der Waals surface area (Å²) in [5, 5.41) is 10.4. The molecule has 0 radical (unpaired) electrons. The van der Waals surface area contributed by atoms with Gasteiger partial charge >= 0.3 is 0 Å². The Bertz CT molecular complexity index is 658. The van der Waals surface area contributed by atoms with Crippen molar-refractivity contribution in [1.29, 1.82) is 0 Å². The second kappa shape index (κ2) is 7.68. The second-order valence-electron chi connectivity index (χ2n) is 6.29. The third-order valence-corrected chi connectivity index (χ3v) is 4.37. The van der Waals surface area contributed by atoms with Gasteiger partial charge in [-0.2, -0.15) is 0 Å². The summed E-state index contributed by atoms with van der Waals surface area (Å²) in [6.07, 6.45) is 4.66. The molecule has 2 heterocycles. The minimum atomic E-state index is -0.468. The molecule has 1 N–H and O–H groups in total. The summed E-state index contributed by atoms with van der Waals surface area (Å²) in [6, 6.07) is 7.52. The number of methoxy groups -OCH3 is 1. The Labute approximate surface area is 142 Å². The summed E-state index contributed by atoms with van der Waals surface area (Å²) in [6.45, 7) is 2.53. The van der Waals surface area contributed by atoms with Gasteiger partial charge in [-0.1, -0.05) is 6.07 Å². The molecule has 0 saturated carbocycles. The summed E-state index contributed by atoms with van der Waals surface area (Å²) in [7, 11) is 3.61. The lowest BCUT2D eigenvalue weighted by atomic mass is 10.1. The number of likely N-dealkylation sites (tertiary alicyclic amines) is 1. The summed E-state index contributed by atoms with van der Waals surface area (Å²) in [5.74, 6) is 1.49. The van der Waals surface area contributed by atoms with Gasteiger partial charge in [-0.15, -0.1) is 0 Å². The molecular formula is C18H25N3O3. The van der Waals surface area contributed by atoms with Crippen LogP contribution < -0.4 is 9.47 Å². The first-order chi connectivity index (χ1) is 11.6. The summed E-state index contributed by atoms with van der Waals surface area (Å²) >= 11 is 0. The van der Waals surface area contributed by atoms with E-state index >= 15 is 0 Å². The van der Waals surface area contributed by atoms with Gasteiger partial charge in [0.1, 0.15) is 17.6 Å². The lowest BCUT2D eigenvalue weighted by Gasteiger charge is -2.22. The Balaban J connectivity index is 1.59. The molecule has 1 saturated heterocycles. The molecule has 0 bridgehead atoms. The van der Waals surface area contributed by atoms with Crippen LogP contribution in [0.15, 0.2) is 36.8 Å². The highest BCUT2D eigenvalue weighted by Crippen LogP contribution is 2.24. The van der Waals surface area contributed by atoms with E-state index < -0.39 is 6.10 Å². The molecule has 1 aromatic heterocycles. The van der Waals surface area contributed by atoms with E-state index in [1.54, 1.807) is 7.11 Å². The van der Waals surface area contributed by atoms with Crippen molar-refractivity contribution in [2.45, 2.75) is 31.6 Å². The van der Waals surface area contributed by atoms with Gasteiger partial charge in [0.15, 0.2) is 0 Å². The van der Waals surface area contributed by atoms with Gasteiger partial charge in [-0.05, 0) is 25.0 Å². The molecule has 1 aromatic carbocycles. The Kier molecular flexibility index (Phi) is 5.37. The predicted molar refractivity (Wildman–Crippen MR) is 91.1 cm³/mol. The number of imidazole rings is 1. The van der Waals surface area contributed by atoms with Crippen LogP contribution >= 0.6 is 0 Å². The van der Waals surface area contributed by atoms with Crippen LogP contribution in [0.25, 0.3) is 0 Å². The molecule has 2 aromatic rings. The molecule has 0 aliphatic carbocycles. The fourth-order valence-electron chi connectivity index (χ4n) is 3.04. The van der Waals surface area contributed by atoms with Gasteiger partial charge < -0.3 is 19.1 Å². The summed E-state index contributed by atoms with van der Waals surface area (Å²) in [5.41, 5.74) is 1.05. The third kappa shape index (κ3) is 4.27. The highest BCUT2D eigenvalue weighted by atomic mass is 16.5. The monoisotopic (exact) mass is 331 g/mol. The van der Waals surface area contributed by atoms with Crippen LogP contribution in [0.2, 0.25) is 0 Å². The van der Waals surface area contributed by atoms with E-state index in [4.69, 9.17) is 9.47 Å². The number of aliphatic hydroxyl groups excluding tert-OH is 1. The summed E-state index contributed by atoms with van der Waals surface area (Å²) in [4.78, 5) is 6.70. The van der Waals surface area contributed by atoms with E-state index in [0.29, 0.717) is 6.42 Å². The molecule has 0 amide bonds. The molecule has 24 heavy (non-hydrogen) atoms. The molecule has 1 fully saturated rings. The number of ether oxygens (including phenoxy) is 2. The Morgan fingerprint density at radius 1 is 1.25 bits per heavy atom. The van der Waals surface area contributed by atoms with Crippen molar-refractivity contribution < 1.29 is 14.6 Å². The number of aliphatic hydroxyl groups is 1. The van der Waals surface area contributed by atoms with Gasteiger partial charge in [0.25, 0.3) is 0 Å². The SMILES string of the molecule is COc1cccc(O[C@H]2CCN(Cc3cn(C)cn3)CC[C@@H]2O)c1. The van der Waals surface area contributed by atoms with E-state index in [-0.39, 0.29) is 6.10 Å². The quantitative estimate of drug-likeness (QED) is 0.906. The fourth-order valence-corrected chi connectivity index (χ4v) is 3.04. The van der Waals surface area contributed by atoms with Crippen molar-refractivity contribution in [3.63, 3.8) is 0 Å². The topological polar surface area (TPSA) is 59.8 Å². The molecule has 2 atom stereocenters. The number of hydrogen-bond acceptors (Lipinski definition) is 5. The third-order valence-electron chi connectivity index (χ3n) is 4.37. The molecular weight excluding hydrogens is 306 g/mol. The fraction of sp³-hybridized carbons (Fsp3) is 0.500. The smallest absolute Gasteiger partial charge is 0.126 e. The van der Waals surface area contributed by atoms with Crippen molar-refractivity contribution in [3.05, 3.63) is 42.5 Å². The van der Waals surface area contributed by atoms with Crippen LogP contribution in [0, 0.1) is 0 Å². The number of aromatic nitrogens is 2. The zero-order valence-electron chi connectivity index (χ0n) is 14.3. The highest BCUT2D eigenvalue weighted by molar-refractivity contribution is 5.33. The maximum absolute atomic E-state index is 10.4. The number of hydrogen-bond donors (Lipinski definition) is 1. The maximum atomic E-state index is 10.4. The van der Waals surface area contributed by atoms with Crippen LogP contribution in [-0.2, 0) is 13.6 Å². The molecule has 0 spiro atoms. The van der Waals surface area contributed by atoms with Crippen LogP contribution in [-0.4, -0.2) is 52.0 Å². The van der Waals surface area contributed by atoms with Crippen LogP contribution in [0.4, 0.5) is 0 Å². The summed E-state index contributed by atoms with van der Waals surface area (Å²) < 4.78 is 13.2. The number of nitrogens with zero attached hydrogens (tertiary/aromatic N) is 3. The van der Waals surface area contributed by atoms with Crippen LogP contribution in [0.5, 0.6) is 11.5 Å². The molecule has 130 valence electrons. The van der Waals surface area contributed by atoms with Crippen LogP contribution in [0.1, 0.15) is 18.5 Å². The number of rotatable bonds is 5. The predicted octanol–water partition coefficient (Wildman–Crippen LogP) is 1.83. The number of aryl methyl sites for hydroxylation is 1. The van der Waals surface area contributed by atoms with Gasteiger partial charge in [0.2, 0.25) is 0 Å². The van der Waals surface area contributed by atoms with Crippen molar-refractivity contribution >= 4 is 0 Å². The number of benzene rings is 1. The lowest BCUT2D eigenvalue weighted by molar-refractivity contribution is 0.0349. The van der Waals surface area contributed by atoms with E-state index in [2.05, 4.69) is 9.88 Å². The Morgan fingerprint density at radius 3 is 2.79 bits per heavy atom. The minimum absolute atomic E-state index is 0.203. The van der Waals surface area contributed by atoms with Gasteiger partial charge in [0, 0.05) is 38.9 Å². The Hall–Kier alpha value is -2.05. The normalized spacial score (nSPS) is 22.1. The van der Waals surface area contributed by atoms with E-state index in [1.807, 2.05) is 48.4 Å². The van der Waals surface area contributed by atoms with Gasteiger partial charge in [0.05, 0.1) is 25.2 Å². The van der Waals surface area contributed by atoms with Gasteiger partial charge in [-0.3, -0.25) is 4.90 Å².